The number of nitrogens with zero attached hydrogens (tertiary/aromatic N) is 1. The van der Waals surface area contributed by atoms with E-state index in [-0.39, 0.29) is 17.0 Å². The molecular formula is C18H18N2O5S. The van der Waals surface area contributed by atoms with Crippen molar-refractivity contribution in [2.45, 2.75) is 6.92 Å². The van der Waals surface area contributed by atoms with Crippen LogP contribution in [0.2, 0.25) is 0 Å². The molecule has 3 rings (SSSR count). The number of sulfonamides is 1. The first-order valence-corrected chi connectivity index (χ1v) is 9.55. The number of methoxy groups -OCH3 is 1. The molecule has 8 heteroatoms. The minimum absolute atomic E-state index is 0.159. The summed E-state index contributed by atoms with van der Waals surface area (Å²) in [7, 11) is -2.22. The lowest BCUT2D eigenvalue weighted by molar-refractivity contribution is -0.119. The zero-order valence-corrected chi connectivity index (χ0v) is 15.1. The number of para-hydroxylation sites is 2. The van der Waals surface area contributed by atoms with Crippen LogP contribution >= 0.6 is 0 Å². The van der Waals surface area contributed by atoms with Gasteiger partial charge in [0.2, 0.25) is 15.9 Å². The van der Waals surface area contributed by atoms with Gasteiger partial charge in [0.05, 0.1) is 30.2 Å². The molecule has 7 nitrogen and oxygen atoms in total. The van der Waals surface area contributed by atoms with Crippen molar-refractivity contribution < 1.29 is 22.7 Å². The van der Waals surface area contributed by atoms with Gasteiger partial charge < -0.3 is 10.1 Å². The topological polar surface area (TPSA) is 92.8 Å². The monoisotopic (exact) mass is 374 g/mol. The van der Waals surface area contributed by atoms with Crippen LogP contribution in [0, 0.1) is 5.92 Å². The summed E-state index contributed by atoms with van der Waals surface area (Å²) in [6.07, 6.45) is 0. The van der Waals surface area contributed by atoms with E-state index in [0.717, 1.165) is 4.31 Å². The van der Waals surface area contributed by atoms with E-state index in [9.17, 15) is 18.0 Å². The average molecular weight is 374 g/mol. The van der Waals surface area contributed by atoms with Gasteiger partial charge in [-0.3, -0.25) is 9.59 Å². The van der Waals surface area contributed by atoms with E-state index in [1.807, 2.05) is 0 Å². The molecule has 0 saturated carbocycles. The van der Waals surface area contributed by atoms with Gasteiger partial charge in [-0.25, -0.2) is 12.7 Å². The summed E-state index contributed by atoms with van der Waals surface area (Å²) in [4.78, 5) is 24.7. The second-order valence-electron chi connectivity index (χ2n) is 5.99. The van der Waals surface area contributed by atoms with Gasteiger partial charge in [-0.05, 0) is 30.3 Å². The summed E-state index contributed by atoms with van der Waals surface area (Å²) in [5.41, 5.74) is 0.881. The van der Waals surface area contributed by atoms with E-state index >= 15 is 0 Å². The molecule has 1 aliphatic rings. The van der Waals surface area contributed by atoms with Crippen LogP contribution in [-0.2, 0) is 14.8 Å². The molecule has 2 aromatic carbocycles. The van der Waals surface area contributed by atoms with E-state index in [1.165, 1.54) is 25.3 Å². The third-order valence-electron chi connectivity index (χ3n) is 4.06. The maximum atomic E-state index is 12.5. The Morgan fingerprint density at radius 3 is 2.58 bits per heavy atom. The van der Waals surface area contributed by atoms with E-state index < -0.39 is 27.8 Å². The summed E-state index contributed by atoms with van der Waals surface area (Å²) >= 11 is 0. The molecule has 1 saturated heterocycles. The molecule has 2 amide bonds. The van der Waals surface area contributed by atoms with Crippen LogP contribution < -0.4 is 14.4 Å². The van der Waals surface area contributed by atoms with Crippen LogP contribution in [0.4, 0.5) is 11.4 Å². The number of anilines is 2. The van der Waals surface area contributed by atoms with Gasteiger partial charge in [0, 0.05) is 5.56 Å². The van der Waals surface area contributed by atoms with Crippen molar-refractivity contribution in [2.75, 3.05) is 22.5 Å². The molecule has 26 heavy (non-hydrogen) atoms. The van der Waals surface area contributed by atoms with E-state index in [2.05, 4.69) is 5.32 Å². The second kappa shape index (κ2) is 6.80. The Labute approximate surface area is 151 Å². The Morgan fingerprint density at radius 2 is 1.92 bits per heavy atom. The largest absolute Gasteiger partial charge is 0.495 e. The summed E-state index contributed by atoms with van der Waals surface area (Å²) in [5.74, 6) is -1.27. The molecule has 1 fully saturated rings. The Kier molecular flexibility index (Phi) is 4.69. The summed E-state index contributed by atoms with van der Waals surface area (Å²) in [6.45, 7) is 1.57. The summed E-state index contributed by atoms with van der Waals surface area (Å²) < 4.78 is 30.4. The van der Waals surface area contributed by atoms with Crippen LogP contribution in [0.1, 0.15) is 17.3 Å². The number of ether oxygens (including phenoxy) is 1. The third-order valence-corrected chi connectivity index (χ3v) is 5.93. The van der Waals surface area contributed by atoms with Crippen LogP contribution in [0.3, 0.4) is 0 Å². The van der Waals surface area contributed by atoms with Gasteiger partial charge in [-0.15, -0.1) is 0 Å². The Hall–Kier alpha value is -2.87. The van der Waals surface area contributed by atoms with Crippen molar-refractivity contribution in [2.24, 2.45) is 5.92 Å². The lowest BCUT2D eigenvalue weighted by Gasteiger charge is -2.16. The van der Waals surface area contributed by atoms with Gasteiger partial charge >= 0.3 is 0 Å². The van der Waals surface area contributed by atoms with Crippen molar-refractivity contribution in [1.82, 2.24) is 0 Å². The lowest BCUT2D eigenvalue weighted by Crippen LogP contribution is -2.30. The van der Waals surface area contributed by atoms with Gasteiger partial charge in [0.25, 0.3) is 5.91 Å². The predicted octanol–water partition coefficient (Wildman–Crippen LogP) is 2.26. The number of carbonyl (C=O) groups excluding carboxylic acids is 2. The van der Waals surface area contributed by atoms with Crippen molar-refractivity contribution >= 4 is 33.2 Å². The smallest absolute Gasteiger partial charge is 0.255 e. The zero-order valence-electron chi connectivity index (χ0n) is 14.3. The summed E-state index contributed by atoms with van der Waals surface area (Å²) in [5, 5.41) is 2.72. The number of benzene rings is 2. The minimum Gasteiger partial charge on any atom is -0.495 e. The Morgan fingerprint density at radius 1 is 1.19 bits per heavy atom. The molecule has 1 atom stereocenters. The molecule has 0 radical (unpaired) electrons. The van der Waals surface area contributed by atoms with E-state index in [0.29, 0.717) is 11.4 Å². The lowest BCUT2D eigenvalue weighted by atomic mass is 10.1. The number of rotatable bonds is 4. The van der Waals surface area contributed by atoms with Crippen LogP contribution in [0.5, 0.6) is 5.75 Å². The molecule has 0 spiro atoms. The molecule has 1 heterocycles. The minimum atomic E-state index is -3.72. The standard InChI is InChI=1S/C18H18N2O5S/c1-12-11-26(23,24)20(18(12)22)14-7-5-6-13(10-14)17(21)19-15-8-3-4-9-16(15)25-2/h3-10,12H,11H2,1-2H3,(H,19,21)/t12-/m1/s1. The van der Waals surface area contributed by atoms with Gasteiger partial charge in [-0.2, -0.15) is 0 Å². The van der Waals surface area contributed by atoms with Gasteiger partial charge in [-0.1, -0.05) is 25.1 Å². The van der Waals surface area contributed by atoms with Gasteiger partial charge in [0.15, 0.2) is 0 Å². The normalized spacial score (nSPS) is 18.6. The third kappa shape index (κ3) is 3.28. The fourth-order valence-electron chi connectivity index (χ4n) is 2.80. The van der Waals surface area contributed by atoms with Gasteiger partial charge in [0.1, 0.15) is 5.75 Å². The quantitative estimate of drug-likeness (QED) is 0.886. The number of hydrogen-bond acceptors (Lipinski definition) is 5. The summed E-state index contributed by atoms with van der Waals surface area (Å²) in [6, 6.07) is 12.9. The molecule has 2 aromatic rings. The first-order valence-electron chi connectivity index (χ1n) is 7.95. The van der Waals surface area contributed by atoms with Crippen molar-refractivity contribution in [1.29, 1.82) is 0 Å². The van der Waals surface area contributed by atoms with Crippen LogP contribution in [-0.4, -0.2) is 33.1 Å². The average Bonchev–Trinajstić information content (AvgIpc) is 2.82. The zero-order chi connectivity index (χ0) is 18.9. The maximum Gasteiger partial charge on any atom is 0.255 e. The van der Waals surface area contributed by atoms with E-state index in [4.69, 9.17) is 4.74 Å². The highest BCUT2D eigenvalue weighted by Crippen LogP contribution is 2.29. The fourth-order valence-corrected chi connectivity index (χ4v) is 4.62. The maximum absolute atomic E-state index is 12.5. The Bertz CT molecular complexity index is 971. The highest BCUT2D eigenvalue weighted by atomic mass is 32.2. The fraction of sp³-hybridized carbons (Fsp3) is 0.222. The molecule has 0 unspecified atom stereocenters. The molecular weight excluding hydrogens is 356 g/mol. The number of amides is 2. The van der Waals surface area contributed by atoms with Crippen molar-refractivity contribution in [3.05, 3.63) is 54.1 Å². The number of hydrogen-bond donors (Lipinski definition) is 1. The Balaban J connectivity index is 1.90. The molecule has 1 aliphatic heterocycles. The highest BCUT2D eigenvalue weighted by Gasteiger charge is 2.42. The number of nitrogens with one attached hydrogen (secondary N) is 1. The second-order valence-corrected chi connectivity index (χ2v) is 7.85. The predicted molar refractivity (Wildman–Crippen MR) is 97.8 cm³/mol. The van der Waals surface area contributed by atoms with Crippen molar-refractivity contribution in [3.8, 4) is 5.75 Å². The van der Waals surface area contributed by atoms with Crippen LogP contribution in [0.25, 0.3) is 0 Å². The molecule has 136 valence electrons. The molecule has 0 bridgehead atoms. The first-order chi connectivity index (χ1) is 12.3. The number of carbonyl (C=O) groups is 2. The molecule has 0 aliphatic carbocycles. The van der Waals surface area contributed by atoms with E-state index in [1.54, 1.807) is 37.3 Å². The molecule has 1 N–H and O–H groups in total. The first kappa shape index (κ1) is 17.9. The molecule has 0 aromatic heterocycles. The van der Waals surface area contributed by atoms with Crippen molar-refractivity contribution in [3.63, 3.8) is 0 Å². The SMILES string of the molecule is COc1ccccc1NC(=O)c1cccc(N2C(=O)[C@H](C)CS2(=O)=O)c1. The van der Waals surface area contributed by atoms with Crippen LogP contribution in [0.15, 0.2) is 48.5 Å². The highest BCUT2D eigenvalue weighted by molar-refractivity contribution is 7.94.